The number of hydrogen-bond acceptors (Lipinski definition) is 4. The van der Waals surface area contributed by atoms with Crippen molar-refractivity contribution in [1.82, 2.24) is 5.32 Å². The van der Waals surface area contributed by atoms with Crippen LogP contribution in [0.25, 0.3) is 0 Å². The molecule has 0 saturated heterocycles. The van der Waals surface area contributed by atoms with E-state index < -0.39 is 0 Å². The standard InChI is InChI=1S/C15H23NO3/c1-10-6-7-13(8-11(10)2)15(17)12(3)16-9-14(18-4)19-5/h6-8,12,14,16H,9H2,1-5H3. The molecule has 1 N–H and O–H groups in total. The molecule has 1 atom stereocenters. The van der Waals surface area contributed by atoms with Crippen LogP contribution in [0.2, 0.25) is 0 Å². The van der Waals surface area contributed by atoms with Crippen LogP contribution >= 0.6 is 0 Å². The van der Waals surface area contributed by atoms with Crippen molar-refractivity contribution < 1.29 is 14.3 Å². The van der Waals surface area contributed by atoms with Gasteiger partial charge in [0, 0.05) is 26.3 Å². The smallest absolute Gasteiger partial charge is 0.179 e. The Morgan fingerprint density at radius 1 is 1.21 bits per heavy atom. The van der Waals surface area contributed by atoms with Crippen molar-refractivity contribution in [3.8, 4) is 0 Å². The van der Waals surface area contributed by atoms with Crippen LogP contribution in [0.15, 0.2) is 18.2 Å². The minimum atomic E-state index is -0.338. The van der Waals surface area contributed by atoms with E-state index in [0.29, 0.717) is 6.54 Å². The van der Waals surface area contributed by atoms with E-state index in [1.807, 2.05) is 39.0 Å². The maximum atomic E-state index is 12.3. The topological polar surface area (TPSA) is 47.6 Å². The normalized spacial score (nSPS) is 12.7. The Morgan fingerprint density at radius 3 is 2.37 bits per heavy atom. The summed E-state index contributed by atoms with van der Waals surface area (Å²) in [4.78, 5) is 12.3. The molecule has 0 aliphatic rings. The van der Waals surface area contributed by atoms with Gasteiger partial charge in [0.25, 0.3) is 0 Å². The Balaban J connectivity index is 2.63. The summed E-state index contributed by atoms with van der Waals surface area (Å²) < 4.78 is 10.1. The van der Waals surface area contributed by atoms with E-state index >= 15 is 0 Å². The van der Waals surface area contributed by atoms with Crippen LogP contribution in [-0.2, 0) is 9.47 Å². The molecule has 0 saturated carbocycles. The number of carbonyl (C=O) groups excluding carboxylic acids is 1. The third-order valence-electron chi connectivity index (χ3n) is 3.30. The SMILES string of the molecule is COC(CNC(C)C(=O)c1ccc(C)c(C)c1)OC. The van der Waals surface area contributed by atoms with Gasteiger partial charge in [-0.1, -0.05) is 12.1 Å². The first-order chi connectivity index (χ1) is 8.99. The first kappa shape index (κ1) is 15.8. The van der Waals surface area contributed by atoms with Gasteiger partial charge in [0.15, 0.2) is 12.1 Å². The highest BCUT2D eigenvalue weighted by Gasteiger charge is 2.16. The summed E-state index contributed by atoms with van der Waals surface area (Å²) in [5.74, 6) is 0.0778. The number of methoxy groups -OCH3 is 2. The van der Waals surface area contributed by atoms with Crippen LogP contribution in [0.4, 0.5) is 0 Å². The maximum absolute atomic E-state index is 12.3. The van der Waals surface area contributed by atoms with Crippen LogP contribution < -0.4 is 5.32 Å². The molecule has 4 nitrogen and oxygen atoms in total. The van der Waals surface area contributed by atoms with Crippen molar-refractivity contribution in [2.24, 2.45) is 0 Å². The molecule has 0 amide bonds. The fraction of sp³-hybridized carbons (Fsp3) is 0.533. The lowest BCUT2D eigenvalue weighted by Crippen LogP contribution is -2.40. The molecule has 19 heavy (non-hydrogen) atoms. The number of Topliss-reactive ketones (excluding diaryl/α,β-unsaturated/α-hetero) is 1. The molecule has 0 aliphatic heterocycles. The number of nitrogens with one attached hydrogen (secondary N) is 1. The van der Waals surface area contributed by atoms with Gasteiger partial charge in [-0.05, 0) is 38.0 Å². The van der Waals surface area contributed by atoms with Gasteiger partial charge in [-0.2, -0.15) is 0 Å². The van der Waals surface area contributed by atoms with Crippen LogP contribution in [0.1, 0.15) is 28.4 Å². The number of ether oxygens (including phenoxy) is 2. The molecule has 4 heteroatoms. The molecule has 0 heterocycles. The molecule has 1 unspecified atom stereocenters. The fourth-order valence-electron chi connectivity index (χ4n) is 1.77. The second-order valence-electron chi connectivity index (χ2n) is 4.69. The molecule has 1 rings (SSSR count). The monoisotopic (exact) mass is 265 g/mol. The summed E-state index contributed by atoms with van der Waals surface area (Å²) in [6.07, 6.45) is -0.338. The minimum Gasteiger partial charge on any atom is -0.355 e. The average Bonchev–Trinajstić information content (AvgIpc) is 2.42. The highest BCUT2D eigenvalue weighted by atomic mass is 16.7. The lowest BCUT2D eigenvalue weighted by Gasteiger charge is -2.18. The zero-order chi connectivity index (χ0) is 14.4. The van der Waals surface area contributed by atoms with E-state index in [1.165, 1.54) is 5.56 Å². The molecular weight excluding hydrogens is 242 g/mol. The Morgan fingerprint density at radius 2 is 1.84 bits per heavy atom. The Bertz CT molecular complexity index is 427. The Hall–Kier alpha value is -1.23. The van der Waals surface area contributed by atoms with Gasteiger partial charge >= 0.3 is 0 Å². The highest BCUT2D eigenvalue weighted by molar-refractivity contribution is 6.00. The number of rotatable bonds is 7. The van der Waals surface area contributed by atoms with E-state index in [2.05, 4.69) is 5.32 Å². The average molecular weight is 265 g/mol. The van der Waals surface area contributed by atoms with Gasteiger partial charge in [-0.25, -0.2) is 0 Å². The number of benzene rings is 1. The summed E-state index contributed by atoms with van der Waals surface area (Å²) in [6.45, 7) is 6.37. The quantitative estimate of drug-likeness (QED) is 0.606. The highest BCUT2D eigenvalue weighted by Crippen LogP contribution is 2.11. The van der Waals surface area contributed by atoms with Crippen LogP contribution in [0.3, 0.4) is 0 Å². The van der Waals surface area contributed by atoms with Crippen molar-refractivity contribution in [1.29, 1.82) is 0 Å². The number of aryl methyl sites for hydroxylation is 2. The molecule has 0 fully saturated rings. The molecule has 0 radical (unpaired) electrons. The summed E-state index contributed by atoms with van der Waals surface area (Å²) in [5, 5.41) is 3.12. The van der Waals surface area contributed by atoms with E-state index in [1.54, 1.807) is 14.2 Å². The molecule has 1 aromatic carbocycles. The van der Waals surface area contributed by atoms with E-state index in [-0.39, 0.29) is 18.1 Å². The maximum Gasteiger partial charge on any atom is 0.179 e. The van der Waals surface area contributed by atoms with E-state index in [4.69, 9.17) is 9.47 Å². The van der Waals surface area contributed by atoms with Crippen LogP contribution in [0.5, 0.6) is 0 Å². The van der Waals surface area contributed by atoms with Gasteiger partial charge in [0.1, 0.15) is 0 Å². The molecule has 0 bridgehead atoms. The van der Waals surface area contributed by atoms with Crippen molar-refractivity contribution >= 4 is 5.78 Å². The molecule has 0 spiro atoms. The lowest BCUT2D eigenvalue weighted by atomic mass is 10.0. The predicted octanol–water partition coefficient (Wildman–Crippen LogP) is 2.08. The predicted molar refractivity (Wildman–Crippen MR) is 75.5 cm³/mol. The van der Waals surface area contributed by atoms with Gasteiger partial charge in [-0.15, -0.1) is 0 Å². The second kappa shape index (κ2) is 7.38. The number of hydrogen-bond donors (Lipinski definition) is 1. The van der Waals surface area contributed by atoms with E-state index in [0.717, 1.165) is 11.1 Å². The molecule has 0 aromatic heterocycles. The summed E-state index contributed by atoms with van der Waals surface area (Å²) in [5.41, 5.74) is 3.05. The summed E-state index contributed by atoms with van der Waals surface area (Å²) >= 11 is 0. The van der Waals surface area contributed by atoms with E-state index in [9.17, 15) is 4.79 Å². The van der Waals surface area contributed by atoms with Crippen molar-refractivity contribution in [3.63, 3.8) is 0 Å². The number of carbonyl (C=O) groups is 1. The molecular formula is C15H23NO3. The number of ketones is 1. The summed E-state index contributed by atoms with van der Waals surface area (Å²) in [6, 6.07) is 5.50. The molecule has 106 valence electrons. The molecule has 0 aliphatic carbocycles. The first-order valence-electron chi connectivity index (χ1n) is 6.40. The largest absolute Gasteiger partial charge is 0.355 e. The Labute approximate surface area is 115 Å². The van der Waals surface area contributed by atoms with Crippen molar-refractivity contribution in [3.05, 3.63) is 34.9 Å². The minimum absolute atomic E-state index is 0.0778. The van der Waals surface area contributed by atoms with Gasteiger partial charge in [-0.3, -0.25) is 4.79 Å². The summed E-state index contributed by atoms with van der Waals surface area (Å²) in [7, 11) is 3.15. The van der Waals surface area contributed by atoms with Crippen LogP contribution in [0, 0.1) is 13.8 Å². The zero-order valence-electron chi connectivity index (χ0n) is 12.3. The molecule has 1 aromatic rings. The van der Waals surface area contributed by atoms with Gasteiger partial charge in [0.2, 0.25) is 0 Å². The van der Waals surface area contributed by atoms with Crippen LogP contribution in [-0.4, -0.2) is 38.9 Å². The third-order valence-corrected chi connectivity index (χ3v) is 3.30. The van der Waals surface area contributed by atoms with Gasteiger partial charge in [0.05, 0.1) is 6.04 Å². The zero-order valence-corrected chi connectivity index (χ0v) is 12.3. The third kappa shape index (κ3) is 4.42. The first-order valence-corrected chi connectivity index (χ1v) is 6.40. The second-order valence-corrected chi connectivity index (χ2v) is 4.69. The lowest BCUT2D eigenvalue weighted by molar-refractivity contribution is -0.0992. The Kier molecular flexibility index (Phi) is 6.15. The fourth-order valence-corrected chi connectivity index (χ4v) is 1.77. The van der Waals surface area contributed by atoms with Crippen molar-refractivity contribution in [2.45, 2.75) is 33.1 Å². The van der Waals surface area contributed by atoms with Gasteiger partial charge < -0.3 is 14.8 Å². The van der Waals surface area contributed by atoms with Crippen molar-refractivity contribution in [2.75, 3.05) is 20.8 Å².